The van der Waals surface area contributed by atoms with Gasteiger partial charge < -0.3 is 10.6 Å². The summed E-state index contributed by atoms with van der Waals surface area (Å²) >= 11 is 5.97. The second kappa shape index (κ2) is 9.59. The highest BCUT2D eigenvalue weighted by Gasteiger charge is 2.21. The van der Waals surface area contributed by atoms with Crippen LogP contribution in [-0.2, 0) is 27.5 Å². The van der Waals surface area contributed by atoms with Crippen LogP contribution in [-0.4, -0.2) is 34.2 Å². The molecule has 0 radical (unpaired) electrons. The van der Waals surface area contributed by atoms with Crippen LogP contribution >= 0.6 is 11.6 Å². The highest BCUT2D eigenvalue weighted by Crippen LogP contribution is 2.23. The summed E-state index contributed by atoms with van der Waals surface area (Å²) in [5, 5.41) is 7.09. The first-order chi connectivity index (χ1) is 13.5. The van der Waals surface area contributed by atoms with E-state index in [4.69, 9.17) is 11.6 Å². The molecule has 0 saturated heterocycles. The van der Waals surface area contributed by atoms with Gasteiger partial charge >= 0.3 is 0 Å². The molecule has 2 N–H and O–H groups in total. The van der Waals surface area contributed by atoms with Gasteiger partial charge in [0.25, 0.3) is 0 Å². The van der Waals surface area contributed by atoms with Crippen molar-refractivity contribution < 1.29 is 12.8 Å². The first kappa shape index (κ1) is 23.2. The number of guanidine groups is 1. The van der Waals surface area contributed by atoms with E-state index in [2.05, 4.69) is 29.5 Å². The molecule has 0 amide bonds. The molecule has 2 aromatic carbocycles. The summed E-state index contributed by atoms with van der Waals surface area (Å²) in [7, 11) is -1.58. The van der Waals surface area contributed by atoms with Crippen LogP contribution in [0, 0.1) is 5.82 Å². The average molecular weight is 440 g/mol. The number of rotatable bonds is 7. The lowest BCUT2D eigenvalue weighted by atomic mass is 9.85. The second-order valence-corrected chi connectivity index (χ2v) is 10.2. The Labute approximate surface area is 177 Å². The number of nitrogens with one attached hydrogen (secondary N) is 2. The van der Waals surface area contributed by atoms with Gasteiger partial charge in [0.2, 0.25) is 0 Å². The van der Waals surface area contributed by atoms with Crippen molar-refractivity contribution in [2.75, 3.05) is 19.8 Å². The fourth-order valence-corrected chi connectivity index (χ4v) is 3.86. The van der Waals surface area contributed by atoms with Crippen LogP contribution in [0.4, 0.5) is 4.39 Å². The third kappa shape index (κ3) is 7.33. The van der Waals surface area contributed by atoms with Crippen LogP contribution < -0.4 is 10.6 Å². The largest absolute Gasteiger partial charge is 0.356 e. The van der Waals surface area contributed by atoms with Crippen molar-refractivity contribution >= 4 is 27.4 Å². The van der Waals surface area contributed by atoms with Gasteiger partial charge in [-0.25, -0.2) is 12.8 Å². The van der Waals surface area contributed by atoms with Gasteiger partial charge in [-0.2, -0.15) is 0 Å². The molecule has 5 nitrogen and oxygen atoms in total. The molecule has 0 fully saturated rings. The van der Waals surface area contributed by atoms with Crippen LogP contribution in [0.1, 0.15) is 30.5 Å². The topological polar surface area (TPSA) is 70.6 Å². The molecule has 0 aliphatic carbocycles. The lowest BCUT2D eigenvalue weighted by molar-refractivity contribution is 0.508. The molecular formula is C21H27ClFN3O2S. The summed E-state index contributed by atoms with van der Waals surface area (Å²) < 4.78 is 37.0. The Morgan fingerprint density at radius 1 is 1.10 bits per heavy atom. The van der Waals surface area contributed by atoms with Crippen molar-refractivity contribution in [2.45, 2.75) is 31.6 Å². The number of nitrogens with zero attached hydrogens (tertiary/aromatic N) is 1. The normalized spacial score (nSPS) is 12.7. The van der Waals surface area contributed by atoms with Crippen molar-refractivity contribution in [1.82, 2.24) is 10.6 Å². The van der Waals surface area contributed by atoms with Crippen LogP contribution in [0.2, 0.25) is 5.02 Å². The Bertz CT molecular complexity index is 974. The first-order valence-electron chi connectivity index (χ1n) is 9.16. The molecule has 0 saturated carbocycles. The number of benzene rings is 2. The van der Waals surface area contributed by atoms with E-state index in [9.17, 15) is 12.8 Å². The van der Waals surface area contributed by atoms with E-state index < -0.39 is 15.7 Å². The Kier molecular flexibility index (Phi) is 7.66. The summed E-state index contributed by atoms with van der Waals surface area (Å²) in [6.45, 7) is 5.07. The summed E-state index contributed by atoms with van der Waals surface area (Å²) in [5.41, 5.74) is 2.10. The van der Waals surface area contributed by atoms with E-state index in [1.54, 1.807) is 7.05 Å². The second-order valence-electron chi connectivity index (χ2n) is 7.65. The molecule has 0 heterocycles. The zero-order valence-electron chi connectivity index (χ0n) is 17.1. The van der Waals surface area contributed by atoms with Gasteiger partial charge in [0.05, 0.1) is 5.75 Å². The zero-order valence-corrected chi connectivity index (χ0v) is 18.7. The molecule has 8 heteroatoms. The highest BCUT2D eigenvalue weighted by molar-refractivity contribution is 7.89. The van der Waals surface area contributed by atoms with Gasteiger partial charge in [-0.1, -0.05) is 43.6 Å². The van der Waals surface area contributed by atoms with Gasteiger partial charge in [0, 0.05) is 36.8 Å². The summed E-state index contributed by atoms with van der Waals surface area (Å²) in [5.74, 6) is -0.00705. The predicted molar refractivity (Wildman–Crippen MR) is 118 cm³/mol. The number of hydrogen-bond donors (Lipinski definition) is 2. The quantitative estimate of drug-likeness (QED) is 0.510. The van der Waals surface area contributed by atoms with Crippen LogP contribution in [0.3, 0.4) is 0 Å². The minimum Gasteiger partial charge on any atom is -0.356 e. The van der Waals surface area contributed by atoms with Crippen molar-refractivity contribution in [2.24, 2.45) is 4.99 Å². The molecule has 29 heavy (non-hydrogen) atoms. The van der Waals surface area contributed by atoms with Gasteiger partial charge in [0.1, 0.15) is 5.82 Å². The SMILES string of the molecule is CN=C(NCc1cc(F)ccc1CS(C)(=O)=O)NCC(C)(C)c1ccc(Cl)cc1. The van der Waals surface area contributed by atoms with E-state index in [-0.39, 0.29) is 17.7 Å². The van der Waals surface area contributed by atoms with Gasteiger partial charge in [-0.05, 0) is 41.0 Å². The monoisotopic (exact) mass is 439 g/mol. The molecule has 0 bridgehead atoms. The lowest BCUT2D eigenvalue weighted by Gasteiger charge is -2.27. The molecule has 158 valence electrons. The summed E-state index contributed by atoms with van der Waals surface area (Å²) in [4.78, 5) is 4.20. The van der Waals surface area contributed by atoms with E-state index in [0.29, 0.717) is 28.7 Å². The Morgan fingerprint density at radius 3 is 2.34 bits per heavy atom. The molecule has 2 aromatic rings. The van der Waals surface area contributed by atoms with Gasteiger partial charge in [-0.3, -0.25) is 4.99 Å². The van der Waals surface area contributed by atoms with E-state index in [1.165, 1.54) is 18.2 Å². The third-order valence-corrected chi connectivity index (χ3v) is 5.67. The maximum atomic E-state index is 13.7. The minimum absolute atomic E-state index is 0.139. The lowest BCUT2D eigenvalue weighted by Crippen LogP contribution is -2.43. The number of halogens is 2. The van der Waals surface area contributed by atoms with Crippen LogP contribution in [0.5, 0.6) is 0 Å². The standard InChI is InChI=1S/C21H27ClFN3O2S/c1-21(2,17-6-8-18(22)9-7-17)14-26-20(24-3)25-12-16-11-19(23)10-5-15(16)13-29(4,27)28/h5-11H,12-14H2,1-4H3,(H2,24,25,26). The minimum atomic E-state index is -3.23. The van der Waals surface area contributed by atoms with Crippen LogP contribution in [0.15, 0.2) is 47.5 Å². The Balaban J connectivity index is 2.04. The highest BCUT2D eigenvalue weighted by atomic mass is 35.5. The first-order valence-corrected chi connectivity index (χ1v) is 11.6. The molecule has 0 atom stereocenters. The van der Waals surface area contributed by atoms with Crippen molar-refractivity contribution in [3.63, 3.8) is 0 Å². The maximum absolute atomic E-state index is 13.7. The van der Waals surface area contributed by atoms with Gasteiger partial charge in [0.15, 0.2) is 15.8 Å². The molecule has 0 aromatic heterocycles. The molecule has 0 aliphatic heterocycles. The van der Waals surface area contributed by atoms with Crippen LogP contribution in [0.25, 0.3) is 0 Å². The van der Waals surface area contributed by atoms with Crippen molar-refractivity contribution in [3.05, 3.63) is 70.0 Å². The maximum Gasteiger partial charge on any atom is 0.191 e. The third-order valence-electron chi connectivity index (χ3n) is 4.58. The van der Waals surface area contributed by atoms with Gasteiger partial charge in [-0.15, -0.1) is 0 Å². The number of sulfone groups is 1. The average Bonchev–Trinajstić information content (AvgIpc) is 2.63. The Hall–Kier alpha value is -2.12. The van der Waals surface area contributed by atoms with Crippen molar-refractivity contribution in [1.29, 1.82) is 0 Å². The molecule has 2 rings (SSSR count). The molecular weight excluding hydrogens is 413 g/mol. The van der Waals surface area contributed by atoms with E-state index in [0.717, 1.165) is 11.8 Å². The molecule has 0 aliphatic rings. The molecule has 0 spiro atoms. The fraction of sp³-hybridized carbons (Fsp3) is 0.381. The van der Waals surface area contributed by atoms with Crippen molar-refractivity contribution in [3.8, 4) is 0 Å². The predicted octanol–water partition coefficient (Wildman–Crippen LogP) is 3.67. The summed E-state index contributed by atoms with van der Waals surface area (Å²) in [6.07, 6.45) is 1.16. The van der Waals surface area contributed by atoms with E-state index in [1.807, 2.05) is 24.3 Å². The van der Waals surface area contributed by atoms with E-state index >= 15 is 0 Å². The smallest absolute Gasteiger partial charge is 0.191 e. The molecule has 0 unspecified atom stereocenters. The Morgan fingerprint density at radius 2 is 1.76 bits per heavy atom. The summed E-state index contributed by atoms with van der Waals surface area (Å²) in [6, 6.07) is 11.8. The number of hydrogen-bond acceptors (Lipinski definition) is 3. The zero-order chi connectivity index (χ0) is 21.7. The fourth-order valence-electron chi connectivity index (χ4n) is 2.89. The number of aliphatic imine (C=N–C) groups is 1.